The van der Waals surface area contributed by atoms with Gasteiger partial charge in [0.1, 0.15) is 0 Å². The molecule has 0 spiro atoms. The molecule has 3 N–H and O–H groups in total. The second-order valence-electron chi connectivity index (χ2n) is 5.71. The van der Waals surface area contributed by atoms with E-state index in [9.17, 15) is 14.4 Å². The molecular weight excluding hydrogens is 322 g/mol. The molecule has 1 aromatic carbocycles. The molecule has 0 aliphatic carbocycles. The summed E-state index contributed by atoms with van der Waals surface area (Å²) in [7, 11) is 0. The summed E-state index contributed by atoms with van der Waals surface area (Å²) in [5.41, 5.74) is 0.683. The van der Waals surface area contributed by atoms with Gasteiger partial charge in [-0.05, 0) is 18.6 Å². The molecule has 0 saturated heterocycles. The second kappa shape index (κ2) is 7.61. The fourth-order valence-corrected chi connectivity index (χ4v) is 2.65. The van der Waals surface area contributed by atoms with Gasteiger partial charge in [-0.15, -0.1) is 0 Å². The molecule has 130 valence electrons. The number of nitrogens with zero attached hydrogens (tertiary/aromatic N) is 2. The van der Waals surface area contributed by atoms with Gasteiger partial charge in [-0.25, -0.2) is 9.78 Å². The van der Waals surface area contributed by atoms with Crippen molar-refractivity contribution in [2.45, 2.75) is 25.8 Å². The van der Waals surface area contributed by atoms with Crippen LogP contribution in [0.5, 0.6) is 0 Å². The standard InChI is InChI=1S/C17H19N5O3/c23-15(19-8-7-12-10-18-11-20-12)6-3-9-22-16(24)13-4-1-2-5-14(13)21-17(22)25/h1-2,4-5,10-11H,3,6-9H2,(H,18,20)(H,19,23)(H,21,25). The van der Waals surface area contributed by atoms with Crippen LogP contribution < -0.4 is 16.6 Å². The zero-order chi connectivity index (χ0) is 17.6. The maximum Gasteiger partial charge on any atom is 0.328 e. The number of nitrogens with one attached hydrogen (secondary N) is 3. The third kappa shape index (κ3) is 4.03. The maximum absolute atomic E-state index is 12.4. The number of rotatable bonds is 7. The zero-order valence-electron chi connectivity index (χ0n) is 13.6. The summed E-state index contributed by atoms with van der Waals surface area (Å²) >= 11 is 0. The molecule has 0 aliphatic rings. The number of hydrogen-bond acceptors (Lipinski definition) is 4. The predicted octanol–water partition coefficient (Wildman–Crippen LogP) is 0.552. The van der Waals surface area contributed by atoms with Gasteiger partial charge < -0.3 is 15.3 Å². The first-order valence-electron chi connectivity index (χ1n) is 8.11. The van der Waals surface area contributed by atoms with Crippen molar-refractivity contribution in [2.75, 3.05) is 6.54 Å². The first-order valence-corrected chi connectivity index (χ1v) is 8.11. The average Bonchev–Trinajstić information content (AvgIpc) is 3.11. The molecule has 1 amide bonds. The summed E-state index contributed by atoms with van der Waals surface area (Å²) in [5.74, 6) is -0.107. The van der Waals surface area contributed by atoms with E-state index < -0.39 is 5.69 Å². The van der Waals surface area contributed by atoms with E-state index in [1.54, 1.807) is 36.8 Å². The number of H-pyrrole nitrogens is 2. The van der Waals surface area contributed by atoms with Gasteiger partial charge in [0.15, 0.2) is 0 Å². The van der Waals surface area contributed by atoms with Crippen LogP contribution in [0.2, 0.25) is 0 Å². The number of carbonyl (C=O) groups excluding carboxylic acids is 1. The quantitative estimate of drug-likeness (QED) is 0.582. The Morgan fingerprint density at radius 1 is 1.24 bits per heavy atom. The monoisotopic (exact) mass is 341 g/mol. The lowest BCUT2D eigenvalue weighted by Crippen LogP contribution is -2.35. The number of carbonyl (C=O) groups is 1. The van der Waals surface area contributed by atoms with Gasteiger partial charge in [-0.1, -0.05) is 12.1 Å². The normalized spacial score (nSPS) is 10.9. The molecule has 0 bridgehead atoms. The largest absolute Gasteiger partial charge is 0.356 e. The molecule has 8 heteroatoms. The summed E-state index contributed by atoms with van der Waals surface area (Å²) in [5, 5.41) is 3.27. The number of benzene rings is 1. The summed E-state index contributed by atoms with van der Waals surface area (Å²) < 4.78 is 1.14. The second-order valence-corrected chi connectivity index (χ2v) is 5.71. The molecule has 0 unspecified atom stereocenters. The lowest BCUT2D eigenvalue weighted by atomic mass is 10.2. The summed E-state index contributed by atoms with van der Waals surface area (Å²) in [6.07, 6.45) is 4.65. The van der Waals surface area contributed by atoms with Crippen LogP contribution in [0, 0.1) is 0 Å². The Hall–Kier alpha value is -3.16. The molecule has 3 rings (SSSR count). The third-order valence-electron chi connectivity index (χ3n) is 3.95. The fraction of sp³-hybridized carbons (Fsp3) is 0.294. The highest BCUT2D eigenvalue weighted by atomic mass is 16.2. The lowest BCUT2D eigenvalue weighted by molar-refractivity contribution is -0.121. The maximum atomic E-state index is 12.4. The molecule has 0 fully saturated rings. The zero-order valence-corrected chi connectivity index (χ0v) is 13.6. The molecule has 8 nitrogen and oxygen atoms in total. The number of hydrogen-bond donors (Lipinski definition) is 3. The summed E-state index contributed by atoms with van der Waals surface area (Å²) in [6.45, 7) is 0.713. The third-order valence-corrected chi connectivity index (χ3v) is 3.95. The van der Waals surface area contributed by atoms with Crippen LogP contribution in [-0.4, -0.2) is 32.0 Å². The minimum Gasteiger partial charge on any atom is -0.356 e. The Morgan fingerprint density at radius 2 is 2.08 bits per heavy atom. The predicted molar refractivity (Wildman–Crippen MR) is 93.4 cm³/mol. The number of fused-ring (bicyclic) bond motifs is 1. The van der Waals surface area contributed by atoms with E-state index in [1.165, 1.54) is 0 Å². The smallest absolute Gasteiger partial charge is 0.328 e. The molecule has 0 radical (unpaired) electrons. The Kier molecular flexibility index (Phi) is 5.08. The van der Waals surface area contributed by atoms with Crippen molar-refractivity contribution >= 4 is 16.8 Å². The fourth-order valence-electron chi connectivity index (χ4n) is 2.65. The van der Waals surface area contributed by atoms with Crippen LogP contribution >= 0.6 is 0 Å². The summed E-state index contributed by atoms with van der Waals surface area (Å²) in [6, 6.07) is 6.87. The first-order chi connectivity index (χ1) is 12.1. The highest BCUT2D eigenvalue weighted by Gasteiger charge is 2.08. The Balaban J connectivity index is 1.53. The van der Waals surface area contributed by atoms with Gasteiger partial charge in [-0.2, -0.15) is 0 Å². The van der Waals surface area contributed by atoms with Crippen LogP contribution in [0.3, 0.4) is 0 Å². The van der Waals surface area contributed by atoms with Crippen molar-refractivity contribution in [3.05, 3.63) is 63.3 Å². The van der Waals surface area contributed by atoms with Crippen molar-refractivity contribution in [2.24, 2.45) is 0 Å². The van der Waals surface area contributed by atoms with Crippen LogP contribution in [-0.2, 0) is 17.8 Å². The Morgan fingerprint density at radius 3 is 2.88 bits per heavy atom. The molecule has 0 aliphatic heterocycles. The molecule has 25 heavy (non-hydrogen) atoms. The minimum atomic E-state index is -0.455. The van der Waals surface area contributed by atoms with Crippen LogP contribution in [0.4, 0.5) is 0 Å². The van der Waals surface area contributed by atoms with E-state index in [1.807, 2.05) is 0 Å². The number of amides is 1. The SMILES string of the molecule is O=C(CCCn1c(=O)[nH]c2ccccc2c1=O)NCCc1cnc[nH]1. The van der Waals surface area contributed by atoms with Crippen LogP contribution in [0.1, 0.15) is 18.5 Å². The molecule has 2 heterocycles. The van der Waals surface area contributed by atoms with Crippen molar-refractivity contribution in [1.82, 2.24) is 24.8 Å². The summed E-state index contributed by atoms with van der Waals surface area (Å²) in [4.78, 5) is 45.8. The average molecular weight is 341 g/mol. The molecule has 2 aromatic heterocycles. The van der Waals surface area contributed by atoms with Crippen molar-refractivity contribution in [3.63, 3.8) is 0 Å². The van der Waals surface area contributed by atoms with E-state index in [0.717, 1.165) is 10.3 Å². The molecular formula is C17H19N5O3. The topological polar surface area (TPSA) is 113 Å². The van der Waals surface area contributed by atoms with E-state index >= 15 is 0 Å². The van der Waals surface area contributed by atoms with Gasteiger partial charge in [0, 0.05) is 37.8 Å². The highest BCUT2D eigenvalue weighted by Crippen LogP contribution is 2.03. The lowest BCUT2D eigenvalue weighted by Gasteiger charge is -2.07. The van der Waals surface area contributed by atoms with Crippen LogP contribution in [0.25, 0.3) is 10.9 Å². The number of aromatic amines is 2. The minimum absolute atomic E-state index is 0.107. The van der Waals surface area contributed by atoms with Gasteiger partial charge in [0.25, 0.3) is 5.56 Å². The number of imidazole rings is 1. The van der Waals surface area contributed by atoms with Gasteiger partial charge in [0.05, 0.1) is 17.2 Å². The Labute approximate surface area is 142 Å². The Bertz CT molecular complexity index is 972. The number of aromatic nitrogens is 4. The van der Waals surface area contributed by atoms with E-state index in [0.29, 0.717) is 30.3 Å². The first kappa shape index (κ1) is 16.7. The van der Waals surface area contributed by atoms with Gasteiger partial charge in [-0.3, -0.25) is 14.2 Å². The van der Waals surface area contributed by atoms with E-state index in [2.05, 4.69) is 20.3 Å². The van der Waals surface area contributed by atoms with Crippen molar-refractivity contribution in [1.29, 1.82) is 0 Å². The molecule has 0 atom stereocenters. The highest BCUT2D eigenvalue weighted by molar-refractivity contribution is 5.77. The van der Waals surface area contributed by atoms with Gasteiger partial charge in [0.2, 0.25) is 5.91 Å². The van der Waals surface area contributed by atoms with E-state index in [-0.39, 0.29) is 24.4 Å². The van der Waals surface area contributed by atoms with Crippen molar-refractivity contribution < 1.29 is 4.79 Å². The van der Waals surface area contributed by atoms with Crippen molar-refractivity contribution in [3.8, 4) is 0 Å². The molecule has 3 aromatic rings. The van der Waals surface area contributed by atoms with Gasteiger partial charge >= 0.3 is 5.69 Å². The van der Waals surface area contributed by atoms with Crippen LogP contribution in [0.15, 0.2) is 46.4 Å². The van der Waals surface area contributed by atoms with E-state index in [4.69, 9.17) is 0 Å². The number of para-hydroxylation sites is 1. The molecule has 0 saturated carbocycles.